The van der Waals surface area contributed by atoms with Gasteiger partial charge in [-0.25, -0.2) is 4.98 Å². The lowest BCUT2D eigenvalue weighted by molar-refractivity contribution is 0.551. The Bertz CT molecular complexity index is 834. The third kappa shape index (κ3) is 3.00. The summed E-state index contributed by atoms with van der Waals surface area (Å²) in [5, 5.41) is 0. The van der Waals surface area contributed by atoms with Crippen LogP contribution in [0.4, 0.5) is 0 Å². The monoisotopic (exact) mass is 308 g/mol. The minimum absolute atomic E-state index is 0.0135. The molecule has 0 aliphatic rings. The van der Waals surface area contributed by atoms with Crippen molar-refractivity contribution in [1.29, 1.82) is 0 Å². The Morgan fingerprint density at radius 1 is 0.913 bits per heavy atom. The molecule has 0 spiro atoms. The molecule has 3 nitrogen and oxygen atoms in total. The third-order valence-electron chi connectivity index (χ3n) is 4.05. The summed E-state index contributed by atoms with van der Waals surface area (Å²) < 4.78 is 6.11. The Hall–Kier alpha value is -2.16. The van der Waals surface area contributed by atoms with Crippen molar-refractivity contribution in [1.82, 2.24) is 9.97 Å². The van der Waals surface area contributed by atoms with Crippen LogP contribution in [-0.4, -0.2) is 9.97 Å². The van der Waals surface area contributed by atoms with Crippen molar-refractivity contribution in [2.24, 2.45) is 0 Å². The molecular formula is C20H24N2O. The molecule has 0 fully saturated rings. The van der Waals surface area contributed by atoms with Crippen LogP contribution in [0.2, 0.25) is 0 Å². The van der Waals surface area contributed by atoms with Crippen LogP contribution in [-0.2, 0) is 10.8 Å². The summed E-state index contributed by atoms with van der Waals surface area (Å²) in [5.41, 5.74) is 5.05. The van der Waals surface area contributed by atoms with Crippen LogP contribution in [0.5, 0.6) is 0 Å². The number of pyridine rings is 1. The zero-order valence-electron chi connectivity index (χ0n) is 14.8. The van der Waals surface area contributed by atoms with Gasteiger partial charge in [0.05, 0.1) is 0 Å². The minimum atomic E-state index is -0.0135. The highest BCUT2D eigenvalue weighted by Gasteiger charge is 2.25. The van der Waals surface area contributed by atoms with Crippen LogP contribution in [0.1, 0.15) is 52.7 Å². The number of oxazole rings is 1. The zero-order chi connectivity index (χ0) is 16.8. The van der Waals surface area contributed by atoms with Gasteiger partial charge in [0.1, 0.15) is 11.2 Å². The first kappa shape index (κ1) is 15.7. The van der Waals surface area contributed by atoms with Crippen LogP contribution in [0.15, 0.2) is 40.9 Å². The quantitative estimate of drug-likeness (QED) is 0.597. The van der Waals surface area contributed by atoms with E-state index in [1.54, 1.807) is 6.20 Å². The van der Waals surface area contributed by atoms with E-state index in [1.165, 1.54) is 11.1 Å². The standard InChI is InChI=1S/C20H24N2O/c1-19(2,3)13-11-14(20(4,5)6)17-16(12-13)22-18(23-17)15-9-7-8-10-21-15/h7-12H,1-6H3. The van der Waals surface area contributed by atoms with Gasteiger partial charge in [-0.15, -0.1) is 0 Å². The van der Waals surface area contributed by atoms with Gasteiger partial charge in [0.15, 0.2) is 5.58 Å². The van der Waals surface area contributed by atoms with Crippen molar-refractivity contribution < 1.29 is 4.42 Å². The first-order valence-corrected chi connectivity index (χ1v) is 8.03. The number of fused-ring (bicyclic) bond motifs is 1. The van der Waals surface area contributed by atoms with Gasteiger partial charge in [0.2, 0.25) is 5.89 Å². The van der Waals surface area contributed by atoms with Gasteiger partial charge < -0.3 is 4.42 Å². The molecule has 0 amide bonds. The van der Waals surface area contributed by atoms with Gasteiger partial charge in [-0.05, 0) is 34.6 Å². The maximum Gasteiger partial charge on any atom is 0.246 e. The number of hydrogen-bond acceptors (Lipinski definition) is 3. The molecule has 3 aromatic rings. The van der Waals surface area contributed by atoms with Crippen LogP contribution in [0.25, 0.3) is 22.7 Å². The predicted octanol–water partition coefficient (Wildman–Crippen LogP) is 5.48. The van der Waals surface area contributed by atoms with E-state index >= 15 is 0 Å². The Kier molecular flexibility index (Phi) is 3.55. The fourth-order valence-corrected chi connectivity index (χ4v) is 2.62. The van der Waals surface area contributed by atoms with Crippen molar-refractivity contribution in [2.75, 3.05) is 0 Å². The first-order chi connectivity index (χ1) is 10.7. The summed E-state index contributed by atoms with van der Waals surface area (Å²) in [6, 6.07) is 10.2. The van der Waals surface area contributed by atoms with E-state index in [1.807, 2.05) is 18.2 Å². The highest BCUT2D eigenvalue weighted by molar-refractivity contribution is 5.81. The molecule has 0 bridgehead atoms. The maximum atomic E-state index is 6.11. The lowest BCUT2D eigenvalue weighted by Crippen LogP contribution is -2.16. The topological polar surface area (TPSA) is 38.9 Å². The van der Waals surface area contributed by atoms with Gasteiger partial charge >= 0.3 is 0 Å². The maximum absolute atomic E-state index is 6.11. The van der Waals surface area contributed by atoms with Crippen LogP contribution in [0.3, 0.4) is 0 Å². The molecule has 2 heterocycles. The average molecular weight is 308 g/mol. The normalized spacial score (nSPS) is 12.8. The fraction of sp³-hybridized carbons (Fsp3) is 0.400. The summed E-state index contributed by atoms with van der Waals surface area (Å²) in [5.74, 6) is 0.581. The molecule has 0 N–H and O–H groups in total. The molecule has 1 aromatic carbocycles. The Morgan fingerprint density at radius 2 is 1.65 bits per heavy atom. The number of aromatic nitrogens is 2. The molecule has 0 atom stereocenters. The Morgan fingerprint density at radius 3 is 2.22 bits per heavy atom. The lowest BCUT2D eigenvalue weighted by Gasteiger charge is -2.24. The SMILES string of the molecule is CC(C)(C)c1cc(C(C)(C)C)c2oc(-c3ccccn3)nc2c1. The second-order valence-electron chi connectivity index (χ2n) is 8.11. The smallest absolute Gasteiger partial charge is 0.246 e. The van der Waals surface area contributed by atoms with Crippen molar-refractivity contribution in [3.8, 4) is 11.6 Å². The van der Waals surface area contributed by atoms with E-state index in [2.05, 4.69) is 58.7 Å². The largest absolute Gasteiger partial charge is 0.434 e. The van der Waals surface area contributed by atoms with Crippen LogP contribution >= 0.6 is 0 Å². The zero-order valence-corrected chi connectivity index (χ0v) is 14.8. The summed E-state index contributed by atoms with van der Waals surface area (Å²) in [6.45, 7) is 13.3. The van der Waals surface area contributed by atoms with Gasteiger partial charge in [-0.2, -0.15) is 0 Å². The molecule has 3 rings (SSSR count). The second-order valence-corrected chi connectivity index (χ2v) is 8.11. The molecule has 0 aliphatic heterocycles. The van der Waals surface area contributed by atoms with E-state index in [4.69, 9.17) is 9.40 Å². The van der Waals surface area contributed by atoms with Gasteiger partial charge in [-0.3, -0.25) is 4.98 Å². The second kappa shape index (κ2) is 5.19. The third-order valence-corrected chi connectivity index (χ3v) is 4.05. The molecule has 0 saturated carbocycles. The number of benzene rings is 1. The van der Waals surface area contributed by atoms with E-state index in [0.29, 0.717) is 5.89 Å². The van der Waals surface area contributed by atoms with Gasteiger partial charge in [-0.1, -0.05) is 53.7 Å². The molecule has 0 radical (unpaired) electrons. The Balaban J connectivity index is 2.28. The Labute approximate surface area is 137 Å². The minimum Gasteiger partial charge on any atom is -0.434 e. The highest BCUT2D eigenvalue weighted by Crippen LogP contribution is 2.36. The van der Waals surface area contributed by atoms with E-state index in [-0.39, 0.29) is 10.8 Å². The van der Waals surface area contributed by atoms with Crippen molar-refractivity contribution >= 4 is 11.1 Å². The van der Waals surface area contributed by atoms with Crippen molar-refractivity contribution in [3.05, 3.63) is 47.7 Å². The van der Waals surface area contributed by atoms with Gasteiger partial charge in [0.25, 0.3) is 0 Å². The molecule has 0 unspecified atom stereocenters. The average Bonchev–Trinajstić information content (AvgIpc) is 2.89. The molecule has 0 saturated heterocycles. The fourth-order valence-electron chi connectivity index (χ4n) is 2.62. The lowest BCUT2D eigenvalue weighted by atomic mass is 9.80. The van der Waals surface area contributed by atoms with E-state index in [9.17, 15) is 0 Å². The molecule has 23 heavy (non-hydrogen) atoms. The summed E-state index contributed by atoms with van der Waals surface area (Å²) in [4.78, 5) is 9.05. The van der Waals surface area contributed by atoms with Crippen molar-refractivity contribution in [2.45, 2.75) is 52.4 Å². The number of hydrogen-bond donors (Lipinski definition) is 0. The predicted molar refractivity (Wildman–Crippen MR) is 94.6 cm³/mol. The van der Waals surface area contributed by atoms with Crippen LogP contribution in [0, 0.1) is 0 Å². The highest BCUT2D eigenvalue weighted by atomic mass is 16.3. The molecular weight excluding hydrogens is 284 g/mol. The number of rotatable bonds is 1. The molecule has 120 valence electrons. The first-order valence-electron chi connectivity index (χ1n) is 8.03. The summed E-state index contributed by atoms with van der Waals surface area (Å²) in [7, 11) is 0. The summed E-state index contributed by atoms with van der Waals surface area (Å²) in [6.07, 6.45) is 1.76. The van der Waals surface area contributed by atoms with Crippen molar-refractivity contribution in [3.63, 3.8) is 0 Å². The summed E-state index contributed by atoms with van der Waals surface area (Å²) >= 11 is 0. The van der Waals surface area contributed by atoms with E-state index in [0.717, 1.165) is 16.8 Å². The van der Waals surface area contributed by atoms with E-state index < -0.39 is 0 Å². The molecule has 3 heteroatoms. The number of nitrogens with zero attached hydrogens (tertiary/aromatic N) is 2. The van der Waals surface area contributed by atoms with Crippen LogP contribution < -0.4 is 0 Å². The molecule has 0 aliphatic carbocycles. The molecule has 2 aromatic heterocycles. The van der Waals surface area contributed by atoms with Gasteiger partial charge in [0, 0.05) is 11.8 Å².